The van der Waals surface area contributed by atoms with E-state index in [1.807, 2.05) is 0 Å². The number of ether oxygens (including phenoxy) is 1. The van der Waals surface area contributed by atoms with Crippen LogP contribution in [0.15, 0.2) is 11.4 Å². The monoisotopic (exact) mass is 347 g/mol. The van der Waals surface area contributed by atoms with Crippen LogP contribution in [-0.4, -0.2) is 36.2 Å². The van der Waals surface area contributed by atoms with Gasteiger partial charge in [-0.2, -0.15) is 0 Å². The largest absolute Gasteiger partial charge is 0.375 e. The SMILES string of the molecule is Cn1c(Cl)cnc1S(=O)(=O)NC1CCC2(CCCCO2)CC1. The Labute approximate surface area is 136 Å². The van der Waals surface area contributed by atoms with E-state index in [-0.39, 0.29) is 16.8 Å². The third-order valence-corrected chi connectivity index (χ3v) is 6.64. The highest BCUT2D eigenvalue weighted by atomic mass is 35.5. The van der Waals surface area contributed by atoms with E-state index in [1.165, 1.54) is 17.2 Å². The lowest BCUT2D eigenvalue weighted by Crippen LogP contribution is -2.46. The number of sulfonamides is 1. The van der Waals surface area contributed by atoms with Crippen molar-refractivity contribution in [3.8, 4) is 0 Å². The van der Waals surface area contributed by atoms with Crippen molar-refractivity contribution in [2.75, 3.05) is 6.61 Å². The first-order valence-electron chi connectivity index (χ1n) is 7.75. The van der Waals surface area contributed by atoms with Gasteiger partial charge < -0.3 is 9.30 Å². The Hall–Kier alpha value is -0.630. The highest BCUT2D eigenvalue weighted by Crippen LogP contribution is 2.38. The number of rotatable bonds is 3. The van der Waals surface area contributed by atoms with Gasteiger partial charge in [-0.25, -0.2) is 18.1 Å². The molecule has 1 saturated carbocycles. The third-order valence-electron chi connectivity index (χ3n) is 4.78. The van der Waals surface area contributed by atoms with Gasteiger partial charge in [0.2, 0.25) is 5.16 Å². The Bertz CT molecular complexity index is 628. The van der Waals surface area contributed by atoms with Gasteiger partial charge >= 0.3 is 0 Å². The third kappa shape index (κ3) is 3.18. The van der Waals surface area contributed by atoms with Gasteiger partial charge in [0.05, 0.1) is 11.8 Å². The maximum absolute atomic E-state index is 12.4. The quantitative estimate of drug-likeness (QED) is 0.910. The van der Waals surface area contributed by atoms with Crippen LogP contribution >= 0.6 is 11.6 Å². The van der Waals surface area contributed by atoms with Crippen molar-refractivity contribution < 1.29 is 13.2 Å². The second-order valence-electron chi connectivity index (χ2n) is 6.31. The second kappa shape index (κ2) is 6.11. The number of aromatic nitrogens is 2. The number of hydrogen-bond donors (Lipinski definition) is 1. The molecule has 124 valence electrons. The summed E-state index contributed by atoms with van der Waals surface area (Å²) in [5, 5.41) is 0.269. The molecule has 1 aliphatic heterocycles. The molecule has 1 N–H and O–H groups in total. The van der Waals surface area contributed by atoms with Gasteiger partial charge in [-0.1, -0.05) is 11.6 Å². The van der Waals surface area contributed by atoms with Crippen molar-refractivity contribution in [3.05, 3.63) is 11.3 Å². The van der Waals surface area contributed by atoms with Crippen LogP contribution in [0.4, 0.5) is 0 Å². The van der Waals surface area contributed by atoms with E-state index >= 15 is 0 Å². The Morgan fingerprint density at radius 1 is 1.36 bits per heavy atom. The van der Waals surface area contributed by atoms with E-state index in [1.54, 1.807) is 7.05 Å². The summed E-state index contributed by atoms with van der Waals surface area (Å²) in [6, 6.07) is -0.0587. The van der Waals surface area contributed by atoms with E-state index in [2.05, 4.69) is 9.71 Å². The first-order chi connectivity index (χ1) is 10.4. The van der Waals surface area contributed by atoms with Gasteiger partial charge in [0.25, 0.3) is 10.0 Å². The molecule has 0 amide bonds. The van der Waals surface area contributed by atoms with E-state index in [0.717, 1.165) is 45.1 Å². The van der Waals surface area contributed by atoms with Crippen LogP contribution in [0.25, 0.3) is 0 Å². The molecule has 0 unspecified atom stereocenters. The van der Waals surface area contributed by atoms with Gasteiger partial charge in [-0.05, 0) is 44.9 Å². The fourth-order valence-electron chi connectivity index (χ4n) is 3.46. The lowest BCUT2D eigenvalue weighted by atomic mass is 9.78. The summed E-state index contributed by atoms with van der Waals surface area (Å²) in [5.74, 6) is 0. The lowest BCUT2D eigenvalue weighted by molar-refractivity contribution is -0.102. The molecule has 0 aromatic carbocycles. The Morgan fingerprint density at radius 3 is 2.64 bits per heavy atom. The van der Waals surface area contributed by atoms with Crippen LogP contribution in [0, 0.1) is 0 Å². The van der Waals surface area contributed by atoms with Gasteiger partial charge in [-0.15, -0.1) is 0 Å². The molecule has 22 heavy (non-hydrogen) atoms. The minimum absolute atomic E-state index is 0.00722. The molecule has 2 fully saturated rings. The normalized spacial score (nSPS) is 29.8. The molecule has 0 radical (unpaired) electrons. The smallest absolute Gasteiger partial charge is 0.274 e. The van der Waals surface area contributed by atoms with Crippen LogP contribution in [0.2, 0.25) is 5.15 Å². The van der Waals surface area contributed by atoms with Crippen molar-refractivity contribution in [1.82, 2.24) is 14.3 Å². The van der Waals surface area contributed by atoms with Crippen molar-refractivity contribution in [3.63, 3.8) is 0 Å². The molecule has 2 aliphatic rings. The molecule has 1 aromatic heterocycles. The van der Waals surface area contributed by atoms with Crippen molar-refractivity contribution in [1.29, 1.82) is 0 Å². The van der Waals surface area contributed by atoms with Crippen molar-refractivity contribution in [2.24, 2.45) is 7.05 Å². The van der Waals surface area contributed by atoms with Gasteiger partial charge in [0.1, 0.15) is 5.15 Å². The summed E-state index contributed by atoms with van der Waals surface area (Å²) in [6.07, 6.45) is 8.24. The zero-order valence-electron chi connectivity index (χ0n) is 12.7. The molecule has 3 rings (SSSR count). The fraction of sp³-hybridized carbons (Fsp3) is 0.786. The highest BCUT2D eigenvalue weighted by molar-refractivity contribution is 7.89. The molecule has 1 aromatic rings. The topological polar surface area (TPSA) is 73.2 Å². The Balaban J connectivity index is 1.64. The molecule has 1 spiro atoms. The van der Waals surface area contributed by atoms with Crippen LogP contribution in [0.3, 0.4) is 0 Å². The summed E-state index contributed by atoms with van der Waals surface area (Å²) < 4.78 is 35.0. The Kier molecular flexibility index (Phi) is 4.51. The van der Waals surface area contributed by atoms with Crippen molar-refractivity contribution in [2.45, 2.75) is 61.7 Å². The molecular weight excluding hydrogens is 326 g/mol. The van der Waals surface area contributed by atoms with Crippen LogP contribution in [0.1, 0.15) is 44.9 Å². The predicted molar refractivity (Wildman–Crippen MR) is 83.3 cm³/mol. The molecule has 2 heterocycles. The molecule has 0 bridgehead atoms. The first-order valence-corrected chi connectivity index (χ1v) is 9.62. The maximum Gasteiger partial charge on any atom is 0.274 e. The minimum atomic E-state index is -3.64. The van der Waals surface area contributed by atoms with E-state index in [4.69, 9.17) is 16.3 Å². The Morgan fingerprint density at radius 2 is 2.09 bits per heavy atom. The number of halogens is 1. The molecule has 8 heteroatoms. The predicted octanol–water partition coefficient (Wildman–Crippen LogP) is 2.23. The summed E-state index contributed by atoms with van der Waals surface area (Å²) in [5.41, 5.74) is -0.00722. The zero-order chi connectivity index (χ0) is 15.8. The summed E-state index contributed by atoms with van der Waals surface area (Å²) in [4.78, 5) is 3.89. The van der Waals surface area contributed by atoms with E-state index in [9.17, 15) is 8.42 Å². The van der Waals surface area contributed by atoms with Crippen LogP contribution in [-0.2, 0) is 21.8 Å². The zero-order valence-corrected chi connectivity index (χ0v) is 14.3. The molecular formula is C14H22ClN3O3S. The summed E-state index contributed by atoms with van der Waals surface area (Å²) >= 11 is 5.87. The second-order valence-corrected chi connectivity index (χ2v) is 8.30. The average Bonchev–Trinajstić information content (AvgIpc) is 2.83. The molecule has 0 atom stereocenters. The standard InChI is InChI=1S/C14H22ClN3O3S/c1-18-12(15)10-16-13(18)22(19,20)17-11-4-7-14(8-5-11)6-2-3-9-21-14/h10-11,17H,2-9H2,1H3. The molecule has 6 nitrogen and oxygen atoms in total. The number of nitrogens with one attached hydrogen (secondary N) is 1. The minimum Gasteiger partial charge on any atom is -0.375 e. The van der Waals surface area contributed by atoms with Gasteiger partial charge in [0.15, 0.2) is 0 Å². The number of nitrogens with zero attached hydrogens (tertiary/aromatic N) is 2. The van der Waals surface area contributed by atoms with Crippen LogP contribution in [0.5, 0.6) is 0 Å². The van der Waals surface area contributed by atoms with E-state index in [0.29, 0.717) is 5.15 Å². The van der Waals surface area contributed by atoms with E-state index < -0.39 is 10.0 Å². The number of imidazole rings is 1. The lowest BCUT2D eigenvalue weighted by Gasteiger charge is -2.42. The molecule has 1 aliphatic carbocycles. The van der Waals surface area contributed by atoms with Gasteiger partial charge in [0, 0.05) is 19.7 Å². The van der Waals surface area contributed by atoms with Crippen LogP contribution < -0.4 is 4.72 Å². The first kappa shape index (κ1) is 16.2. The van der Waals surface area contributed by atoms with Gasteiger partial charge in [-0.3, -0.25) is 0 Å². The average molecular weight is 348 g/mol. The summed E-state index contributed by atoms with van der Waals surface area (Å²) in [6.45, 7) is 0.835. The maximum atomic E-state index is 12.4. The highest BCUT2D eigenvalue weighted by Gasteiger charge is 2.38. The van der Waals surface area contributed by atoms with Crippen molar-refractivity contribution >= 4 is 21.6 Å². The fourth-order valence-corrected chi connectivity index (χ4v) is 5.07. The summed E-state index contributed by atoms with van der Waals surface area (Å²) in [7, 11) is -2.04. The number of hydrogen-bond acceptors (Lipinski definition) is 4. The molecule has 1 saturated heterocycles.